The van der Waals surface area contributed by atoms with E-state index >= 15 is 0 Å². The van der Waals surface area contributed by atoms with E-state index in [0.717, 1.165) is 17.1 Å². The first-order valence-electron chi connectivity index (χ1n) is 5.76. The van der Waals surface area contributed by atoms with Crippen molar-refractivity contribution in [1.29, 1.82) is 0 Å². The van der Waals surface area contributed by atoms with E-state index in [9.17, 15) is 13.2 Å². The van der Waals surface area contributed by atoms with Crippen molar-refractivity contribution >= 4 is 29.2 Å². The largest absolute Gasteiger partial charge is 0.417 e. The summed E-state index contributed by atoms with van der Waals surface area (Å²) in [5, 5.41) is 5.46. The first kappa shape index (κ1) is 15.8. The first-order chi connectivity index (χ1) is 9.93. The number of oxime groups is 1. The van der Waals surface area contributed by atoms with Crippen molar-refractivity contribution in [2.45, 2.75) is 12.1 Å². The quantitative estimate of drug-likeness (QED) is 0.606. The lowest BCUT2D eigenvalue weighted by atomic mass is 10.0. The molecule has 0 fully saturated rings. The number of thiophene rings is 1. The fourth-order valence-electron chi connectivity index (χ4n) is 1.70. The van der Waals surface area contributed by atoms with Crippen molar-refractivity contribution in [2.24, 2.45) is 5.16 Å². The molecule has 2 aromatic rings. The molecule has 0 spiro atoms. The zero-order chi connectivity index (χ0) is 15.5. The Morgan fingerprint density at radius 2 is 2.24 bits per heavy atom. The summed E-state index contributed by atoms with van der Waals surface area (Å²) in [4.78, 5) is 9.35. The molecule has 2 aromatic heterocycles. The number of aromatic nitrogens is 1. The summed E-state index contributed by atoms with van der Waals surface area (Å²) in [5.41, 5.74) is -0.585. The smallest absolute Gasteiger partial charge is 0.399 e. The van der Waals surface area contributed by atoms with E-state index in [-0.39, 0.29) is 5.02 Å². The van der Waals surface area contributed by atoms with E-state index in [1.54, 1.807) is 0 Å². The Labute approximate surface area is 128 Å². The van der Waals surface area contributed by atoms with E-state index in [1.165, 1.54) is 24.7 Å². The van der Waals surface area contributed by atoms with Crippen LogP contribution in [0.3, 0.4) is 0 Å². The van der Waals surface area contributed by atoms with E-state index in [2.05, 4.69) is 15.0 Å². The Morgan fingerprint density at radius 1 is 1.48 bits per heavy atom. The number of halogens is 4. The predicted octanol–water partition coefficient (Wildman–Crippen LogP) is 4.58. The molecule has 1 atom stereocenters. The summed E-state index contributed by atoms with van der Waals surface area (Å²) in [6.07, 6.45) is -2.26. The number of alkyl halides is 3. The molecule has 0 aliphatic carbocycles. The van der Waals surface area contributed by atoms with Crippen molar-refractivity contribution in [2.75, 3.05) is 7.11 Å². The number of nitrogens with zero attached hydrogens (tertiary/aromatic N) is 2. The maximum Gasteiger partial charge on any atom is 0.417 e. The molecule has 112 valence electrons. The highest BCUT2D eigenvalue weighted by molar-refractivity contribution is 7.10. The maximum atomic E-state index is 12.6. The molecule has 0 saturated heterocycles. The van der Waals surface area contributed by atoms with Crippen LogP contribution < -0.4 is 0 Å². The van der Waals surface area contributed by atoms with Gasteiger partial charge in [-0.15, -0.1) is 11.3 Å². The lowest BCUT2D eigenvalue weighted by Gasteiger charge is -2.13. The molecule has 0 amide bonds. The Morgan fingerprint density at radius 3 is 2.76 bits per heavy atom. The molecule has 21 heavy (non-hydrogen) atoms. The van der Waals surface area contributed by atoms with Crippen LogP contribution in [0, 0.1) is 0 Å². The molecule has 0 radical (unpaired) electrons. The SMILES string of the molecule is CON=CC(c1cccs1)c1ncc(C(F)(F)F)cc1Cl. The first-order valence-corrected chi connectivity index (χ1v) is 7.02. The molecule has 0 aliphatic heterocycles. The molecular weight excluding hydrogens is 325 g/mol. The third-order valence-corrected chi connectivity index (χ3v) is 3.91. The molecule has 0 aromatic carbocycles. The van der Waals surface area contributed by atoms with Gasteiger partial charge in [-0.25, -0.2) is 0 Å². The second kappa shape index (κ2) is 6.44. The third-order valence-electron chi connectivity index (χ3n) is 2.66. The van der Waals surface area contributed by atoms with E-state index in [1.807, 2.05) is 17.5 Å². The number of hydrogen-bond acceptors (Lipinski definition) is 4. The predicted molar refractivity (Wildman–Crippen MR) is 75.9 cm³/mol. The Bertz CT molecular complexity index is 629. The monoisotopic (exact) mass is 334 g/mol. The molecule has 2 rings (SSSR count). The molecular formula is C13H10ClF3N2OS. The number of rotatable bonds is 4. The van der Waals surface area contributed by atoms with Gasteiger partial charge >= 0.3 is 6.18 Å². The standard InChI is InChI=1S/C13H10ClF3N2OS/c1-20-19-7-9(11-3-2-4-21-11)12-10(14)5-8(6-18-12)13(15,16)17/h2-7,9H,1H3. The summed E-state index contributed by atoms with van der Waals surface area (Å²) in [7, 11) is 1.38. The van der Waals surface area contributed by atoms with Crippen LogP contribution in [-0.2, 0) is 11.0 Å². The highest BCUT2D eigenvalue weighted by Gasteiger charge is 2.32. The van der Waals surface area contributed by atoms with Crippen LogP contribution in [-0.4, -0.2) is 18.3 Å². The number of pyridine rings is 1. The van der Waals surface area contributed by atoms with Crippen molar-refractivity contribution in [3.05, 3.63) is 50.9 Å². The molecule has 8 heteroatoms. The molecule has 0 bridgehead atoms. The van der Waals surface area contributed by atoms with E-state index in [4.69, 9.17) is 11.6 Å². The molecule has 0 saturated carbocycles. The highest BCUT2D eigenvalue weighted by atomic mass is 35.5. The highest BCUT2D eigenvalue weighted by Crippen LogP contribution is 2.35. The average molecular weight is 335 g/mol. The Balaban J connectivity index is 2.44. The zero-order valence-electron chi connectivity index (χ0n) is 10.8. The van der Waals surface area contributed by atoms with Gasteiger partial charge in [0.25, 0.3) is 0 Å². The van der Waals surface area contributed by atoms with E-state index < -0.39 is 17.7 Å². The molecule has 0 aliphatic rings. The summed E-state index contributed by atoms with van der Waals surface area (Å²) in [5.74, 6) is -0.459. The van der Waals surface area contributed by atoms with Crippen molar-refractivity contribution in [1.82, 2.24) is 4.98 Å². The summed E-state index contributed by atoms with van der Waals surface area (Å²) in [6, 6.07) is 4.52. The molecule has 2 heterocycles. The zero-order valence-corrected chi connectivity index (χ0v) is 12.3. The van der Waals surface area contributed by atoms with Crippen LogP contribution in [0.5, 0.6) is 0 Å². The van der Waals surface area contributed by atoms with Crippen molar-refractivity contribution in [3.8, 4) is 0 Å². The second-order valence-electron chi connectivity index (χ2n) is 4.02. The average Bonchev–Trinajstić information content (AvgIpc) is 2.93. The van der Waals surface area contributed by atoms with Crippen molar-refractivity contribution < 1.29 is 18.0 Å². The van der Waals surface area contributed by atoms with Gasteiger partial charge in [-0.3, -0.25) is 4.98 Å². The lowest BCUT2D eigenvalue weighted by Crippen LogP contribution is -2.09. The fraction of sp³-hybridized carbons (Fsp3) is 0.231. The minimum absolute atomic E-state index is 0.0641. The fourth-order valence-corrected chi connectivity index (χ4v) is 2.78. The van der Waals surface area contributed by atoms with Gasteiger partial charge in [-0.2, -0.15) is 13.2 Å². The van der Waals surface area contributed by atoms with Gasteiger partial charge in [0.15, 0.2) is 0 Å². The summed E-state index contributed by atoms with van der Waals surface area (Å²) >= 11 is 7.39. The molecule has 0 N–H and O–H groups in total. The molecule has 3 nitrogen and oxygen atoms in total. The van der Waals surface area contributed by atoms with Gasteiger partial charge in [0, 0.05) is 11.1 Å². The lowest BCUT2D eigenvalue weighted by molar-refractivity contribution is -0.137. The second-order valence-corrected chi connectivity index (χ2v) is 5.41. The van der Waals surface area contributed by atoms with Crippen LogP contribution in [0.1, 0.15) is 22.1 Å². The van der Waals surface area contributed by atoms with Gasteiger partial charge in [-0.05, 0) is 17.5 Å². The number of hydrogen-bond donors (Lipinski definition) is 0. The van der Waals surface area contributed by atoms with Gasteiger partial charge in [0.05, 0.1) is 28.4 Å². The van der Waals surface area contributed by atoms with Gasteiger partial charge in [-0.1, -0.05) is 22.8 Å². The minimum Gasteiger partial charge on any atom is -0.399 e. The van der Waals surface area contributed by atoms with Crippen LogP contribution in [0.25, 0.3) is 0 Å². The molecule has 1 unspecified atom stereocenters. The Hall–Kier alpha value is -1.60. The van der Waals surface area contributed by atoms with Crippen LogP contribution in [0.4, 0.5) is 13.2 Å². The van der Waals surface area contributed by atoms with Crippen LogP contribution in [0.15, 0.2) is 34.9 Å². The van der Waals surface area contributed by atoms with Gasteiger partial charge in [0.2, 0.25) is 0 Å². The Kier molecular flexibility index (Phi) is 4.84. The van der Waals surface area contributed by atoms with Gasteiger partial charge < -0.3 is 4.84 Å². The summed E-state index contributed by atoms with van der Waals surface area (Å²) in [6.45, 7) is 0. The van der Waals surface area contributed by atoms with Gasteiger partial charge in [0.1, 0.15) is 7.11 Å². The third kappa shape index (κ3) is 3.74. The topological polar surface area (TPSA) is 34.5 Å². The van der Waals surface area contributed by atoms with Crippen molar-refractivity contribution in [3.63, 3.8) is 0 Å². The summed E-state index contributed by atoms with van der Waals surface area (Å²) < 4.78 is 37.9. The van der Waals surface area contributed by atoms with Crippen LogP contribution >= 0.6 is 22.9 Å². The van der Waals surface area contributed by atoms with Crippen LogP contribution in [0.2, 0.25) is 5.02 Å². The van der Waals surface area contributed by atoms with E-state index in [0.29, 0.717) is 5.69 Å². The maximum absolute atomic E-state index is 12.6. The minimum atomic E-state index is -4.48. The normalized spacial score (nSPS) is 13.6.